The van der Waals surface area contributed by atoms with Gasteiger partial charge in [-0.25, -0.2) is 0 Å². The van der Waals surface area contributed by atoms with Crippen LogP contribution in [0.2, 0.25) is 0 Å². The minimum absolute atomic E-state index is 0.354. The fourth-order valence-electron chi connectivity index (χ4n) is 3.05. The van der Waals surface area contributed by atoms with E-state index in [9.17, 15) is 0 Å². The van der Waals surface area contributed by atoms with Crippen LogP contribution >= 0.6 is 0 Å². The molecule has 2 heteroatoms. The van der Waals surface area contributed by atoms with Gasteiger partial charge in [0, 0.05) is 12.1 Å². The molecule has 2 atom stereocenters. The first-order valence-corrected chi connectivity index (χ1v) is 8.16. The summed E-state index contributed by atoms with van der Waals surface area (Å²) in [7, 11) is 0. The summed E-state index contributed by atoms with van der Waals surface area (Å²) in [6.45, 7) is 8.13. The monoisotopic (exact) mass is 254 g/mol. The second-order valence-corrected chi connectivity index (χ2v) is 6.34. The Labute approximate surface area is 114 Å². The molecule has 2 nitrogen and oxygen atoms in total. The predicted octanol–water partition coefficient (Wildman–Crippen LogP) is 4.29. The van der Waals surface area contributed by atoms with Crippen molar-refractivity contribution >= 4 is 0 Å². The average molecular weight is 254 g/mol. The molecule has 1 heterocycles. The van der Waals surface area contributed by atoms with Gasteiger partial charge in [-0.3, -0.25) is 4.90 Å². The van der Waals surface area contributed by atoms with E-state index >= 15 is 0 Å². The van der Waals surface area contributed by atoms with Crippen molar-refractivity contribution in [2.24, 2.45) is 5.73 Å². The summed E-state index contributed by atoms with van der Waals surface area (Å²) < 4.78 is 0. The van der Waals surface area contributed by atoms with Crippen molar-refractivity contribution in [2.75, 3.05) is 6.54 Å². The van der Waals surface area contributed by atoms with Crippen molar-refractivity contribution in [3.8, 4) is 0 Å². The van der Waals surface area contributed by atoms with E-state index in [2.05, 4.69) is 25.7 Å². The summed E-state index contributed by atoms with van der Waals surface area (Å²) in [6.07, 6.45) is 14.0. The molecule has 0 radical (unpaired) electrons. The van der Waals surface area contributed by atoms with E-state index in [-0.39, 0.29) is 0 Å². The van der Waals surface area contributed by atoms with Crippen LogP contribution in [0, 0.1) is 0 Å². The molecule has 1 fully saturated rings. The Kier molecular flexibility index (Phi) is 7.25. The Morgan fingerprint density at radius 1 is 0.944 bits per heavy atom. The van der Waals surface area contributed by atoms with Crippen LogP contribution in [0.4, 0.5) is 0 Å². The van der Waals surface area contributed by atoms with Crippen molar-refractivity contribution in [3.05, 3.63) is 0 Å². The van der Waals surface area contributed by atoms with E-state index in [1.807, 2.05) is 0 Å². The Morgan fingerprint density at radius 3 is 1.72 bits per heavy atom. The van der Waals surface area contributed by atoms with Gasteiger partial charge in [0.2, 0.25) is 0 Å². The first-order valence-electron chi connectivity index (χ1n) is 8.16. The number of unbranched alkanes of at least 4 members (excludes halogenated alkanes) is 6. The SMILES string of the molecule is CCCCCCC(C)(CCCCCC)N1CC1N. The second-order valence-electron chi connectivity index (χ2n) is 6.34. The molecule has 0 spiro atoms. The molecule has 0 aromatic heterocycles. The van der Waals surface area contributed by atoms with Gasteiger partial charge in [0.15, 0.2) is 0 Å². The van der Waals surface area contributed by atoms with E-state index in [1.54, 1.807) is 0 Å². The topological polar surface area (TPSA) is 29.0 Å². The molecule has 2 N–H and O–H groups in total. The highest BCUT2D eigenvalue weighted by molar-refractivity contribution is 4.98. The fourth-order valence-corrected chi connectivity index (χ4v) is 3.05. The van der Waals surface area contributed by atoms with E-state index in [0.717, 1.165) is 6.54 Å². The van der Waals surface area contributed by atoms with Crippen LogP contribution in [0.15, 0.2) is 0 Å². The van der Waals surface area contributed by atoms with Crippen LogP contribution in [-0.4, -0.2) is 23.1 Å². The normalized spacial score (nSPS) is 23.3. The van der Waals surface area contributed by atoms with Gasteiger partial charge >= 0.3 is 0 Å². The second kappa shape index (κ2) is 8.16. The summed E-state index contributed by atoms with van der Waals surface area (Å²) in [6, 6.07) is 0. The van der Waals surface area contributed by atoms with Gasteiger partial charge in [0.1, 0.15) is 0 Å². The first kappa shape index (κ1) is 16.0. The van der Waals surface area contributed by atoms with Gasteiger partial charge in [-0.2, -0.15) is 0 Å². The van der Waals surface area contributed by atoms with E-state index in [0.29, 0.717) is 11.7 Å². The highest BCUT2D eigenvalue weighted by atomic mass is 15.4. The van der Waals surface area contributed by atoms with Crippen molar-refractivity contribution in [3.63, 3.8) is 0 Å². The lowest BCUT2D eigenvalue weighted by Crippen LogP contribution is -2.37. The van der Waals surface area contributed by atoms with Gasteiger partial charge < -0.3 is 5.73 Å². The van der Waals surface area contributed by atoms with Crippen molar-refractivity contribution in [1.82, 2.24) is 4.90 Å². The van der Waals surface area contributed by atoms with Gasteiger partial charge in [-0.1, -0.05) is 65.2 Å². The summed E-state index contributed by atoms with van der Waals surface area (Å²) in [5.74, 6) is 0. The van der Waals surface area contributed by atoms with E-state index in [1.165, 1.54) is 64.2 Å². The lowest BCUT2D eigenvalue weighted by atomic mass is 9.88. The van der Waals surface area contributed by atoms with Gasteiger partial charge in [-0.05, 0) is 19.8 Å². The van der Waals surface area contributed by atoms with Gasteiger partial charge in [-0.15, -0.1) is 0 Å². The van der Waals surface area contributed by atoms with Crippen LogP contribution < -0.4 is 5.73 Å². The van der Waals surface area contributed by atoms with E-state index < -0.39 is 0 Å². The zero-order valence-electron chi connectivity index (χ0n) is 12.9. The van der Waals surface area contributed by atoms with Crippen LogP contribution in [0.5, 0.6) is 0 Å². The molecule has 0 aliphatic carbocycles. The molecular formula is C16H34N2. The summed E-state index contributed by atoms with van der Waals surface area (Å²) in [5, 5.41) is 0. The minimum Gasteiger partial charge on any atom is -0.315 e. The minimum atomic E-state index is 0.354. The van der Waals surface area contributed by atoms with Gasteiger partial charge in [0.05, 0.1) is 6.17 Å². The predicted molar refractivity (Wildman–Crippen MR) is 80.6 cm³/mol. The molecule has 0 bridgehead atoms. The summed E-state index contributed by atoms with van der Waals surface area (Å²) in [5.41, 5.74) is 6.43. The molecule has 18 heavy (non-hydrogen) atoms. The molecule has 108 valence electrons. The highest BCUT2D eigenvalue weighted by Crippen LogP contribution is 2.35. The first-order chi connectivity index (χ1) is 8.64. The maximum absolute atomic E-state index is 6.04. The summed E-state index contributed by atoms with van der Waals surface area (Å²) in [4.78, 5) is 2.52. The Bertz CT molecular complexity index is 203. The molecule has 0 aromatic carbocycles. The average Bonchev–Trinajstić information content (AvgIpc) is 3.09. The lowest BCUT2D eigenvalue weighted by Gasteiger charge is -2.32. The Balaban J connectivity index is 2.28. The maximum Gasteiger partial charge on any atom is 0.0709 e. The summed E-state index contributed by atoms with van der Waals surface area (Å²) >= 11 is 0. The molecule has 1 aliphatic rings. The number of nitrogens with two attached hydrogens (primary N) is 1. The van der Waals surface area contributed by atoms with Crippen LogP contribution in [0.3, 0.4) is 0 Å². The fraction of sp³-hybridized carbons (Fsp3) is 1.00. The molecule has 0 saturated carbocycles. The van der Waals surface area contributed by atoms with Crippen LogP contribution in [0.1, 0.15) is 85.0 Å². The molecule has 1 rings (SSSR count). The molecule has 1 aliphatic heterocycles. The van der Waals surface area contributed by atoms with Crippen molar-refractivity contribution in [2.45, 2.75) is 96.7 Å². The molecule has 1 saturated heterocycles. The molecule has 0 amide bonds. The van der Waals surface area contributed by atoms with Crippen molar-refractivity contribution < 1.29 is 0 Å². The van der Waals surface area contributed by atoms with Gasteiger partial charge in [0.25, 0.3) is 0 Å². The third-order valence-electron chi connectivity index (χ3n) is 4.48. The van der Waals surface area contributed by atoms with E-state index in [4.69, 9.17) is 5.73 Å². The van der Waals surface area contributed by atoms with Crippen LogP contribution in [-0.2, 0) is 0 Å². The van der Waals surface area contributed by atoms with Crippen LogP contribution in [0.25, 0.3) is 0 Å². The third-order valence-corrected chi connectivity index (χ3v) is 4.48. The largest absolute Gasteiger partial charge is 0.315 e. The number of hydrogen-bond acceptors (Lipinski definition) is 2. The Morgan fingerprint density at radius 2 is 1.39 bits per heavy atom. The number of rotatable bonds is 11. The zero-order chi connectivity index (χ0) is 13.4. The quantitative estimate of drug-likeness (QED) is 0.440. The maximum atomic E-state index is 6.04. The number of hydrogen-bond donors (Lipinski definition) is 1. The third kappa shape index (κ3) is 5.27. The Hall–Kier alpha value is -0.0800. The number of nitrogens with zero attached hydrogens (tertiary/aromatic N) is 1. The van der Waals surface area contributed by atoms with Crippen molar-refractivity contribution in [1.29, 1.82) is 0 Å². The smallest absolute Gasteiger partial charge is 0.0709 e. The zero-order valence-corrected chi connectivity index (χ0v) is 12.9. The standard InChI is InChI=1S/C16H34N2/c1-4-6-8-10-12-16(3,18-14-15(18)17)13-11-9-7-5-2/h15H,4-14,17H2,1-3H3. The molecular weight excluding hydrogens is 220 g/mol. The lowest BCUT2D eigenvalue weighted by molar-refractivity contribution is 0.189. The molecule has 2 unspecified atom stereocenters. The molecule has 0 aromatic rings. The highest BCUT2D eigenvalue weighted by Gasteiger charge is 2.43.